The van der Waals surface area contributed by atoms with E-state index in [2.05, 4.69) is 6.58 Å². The molecule has 0 spiro atoms. The second-order valence-corrected chi connectivity index (χ2v) is 4.41. The van der Waals surface area contributed by atoms with E-state index in [0.717, 1.165) is 5.56 Å². The molecular weight excluding hydrogens is 238 g/mol. The highest BCUT2D eigenvalue weighted by atomic mass is 16.3. The minimum atomic E-state index is -1.02. The first kappa shape index (κ1) is 13.3. The van der Waals surface area contributed by atoms with Gasteiger partial charge in [-0.05, 0) is 11.6 Å². The number of benzene rings is 1. The van der Waals surface area contributed by atoms with Crippen LogP contribution >= 0.6 is 0 Å². The lowest BCUT2D eigenvalue weighted by Crippen LogP contribution is -2.46. The lowest BCUT2D eigenvalue weighted by Gasteiger charge is -2.33. The first-order chi connectivity index (χ1) is 9.22. The predicted molar refractivity (Wildman–Crippen MR) is 76.3 cm³/mol. The van der Waals surface area contributed by atoms with Gasteiger partial charge in [0.25, 0.3) is 0 Å². The number of carbonyl (C=O) groups excluding carboxylic acids is 1. The Hall–Kier alpha value is -2.13. The number of ketones is 1. The molecule has 1 aliphatic heterocycles. The fourth-order valence-electron chi connectivity index (χ4n) is 2.04. The van der Waals surface area contributed by atoms with E-state index in [0.29, 0.717) is 6.54 Å². The van der Waals surface area contributed by atoms with E-state index in [-0.39, 0.29) is 11.8 Å². The number of hydrogen-bond donors (Lipinski definition) is 1. The van der Waals surface area contributed by atoms with Crippen LogP contribution in [0.5, 0.6) is 0 Å². The highest BCUT2D eigenvalue weighted by Crippen LogP contribution is 2.16. The van der Waals surface area contributed by atoms with Crippen molar-refractivity contribution < 1.29 is 9.90 Å². The summed E-state index contributed by atoms with van der Waals surface area (Å²) in [6, 6.07) is 9.44. The van der Waals surface area contributed by atoms with Gasteiger partial charge in [-0.1, -0.05) is 48.6 Å². The van der Waals surface area contributed by atoms with Crippen LogP contribution in [-0.4, -0.2) is 34.5 Å². The Morgan fingerprint density at radius 2 is 2.05 bits per heavy atom. The summed E-state index contributed by atoms with van der Waals surface area (Å²) in [5.74, 6) is -0.261. The summed E-state index contributed by atoms with van der Waals surface area (Å²) in [6.45, 7) is 4.27. The lowest BCUT2D eigenvalue weighted by atomic mass is 10.0. The molecule has 19 heavy (non-hydrogen) atoms. The highest BCUT2D eigenvalue weighted by Gasteiger charge is 2.29. The summed E-state index contributed by atoms with van der Waals surface area (Å²) >= 11 is 0. The molecule has 1 heterocycles. The number of carbonyl (C=O) groups is 1. The Morgan fingerprint density at radius 1 is 1.32 bits per heavy atom. The van der Waals surface area contributed by atoms with Gasteiger partial charge in [0, 0.05) is 12.7 Å². The SMILES string of the molecule is C=CCN1C=CC(=O)[C@H](O)[C@@H]1/C=C/c1ccccc1. The van der Waals surface area contributed by atoms with Gasteiger partial charge in [0.2, 0.25) is 0 Å². The molecule has 3 nitrogen and oxygen atoms in total. The van der Waals surface area contributed by atoms with Gasteiger partial charge >= 0.3 is 0 Å². The molecule has 1 N–H and O–H groups in total. The Labute approximate surface area is 113 Å². The third kappa shape index (κ3) is 3.20. The third-order valence-electron chi connectivity index (χ3n) is 3.05. The highest BCUT2D eigenvalue weighted by molar-refractivity contribution is 5.95. The average molecular weight is 255 g/mol. The standard InChI is InChI=1S/C16H17NO2/c1-2-11-17-12-10-15(18)16(19)14(17)9-8-13-6-4-3-5-7-13/h2-10,12,14,16,19H,1,11H2/b9-8+/t14-,16+/m0/s1. The molecule has 0 aliphatic carbocycles. The molecule has 1 aromatic rings. The maximum Gasteiger partial charge on any atom is 0.187 e. The Bertz CT molecular complexity index is 505. The zero-order valence-corrected chi connectivity index (χ0v) is 10.6. The van der Waals surface area contributed by atoms with Crippen molar-refractivity contribution in [3.63, 3.8) is 0 Å². The van der Waals surface area contributed by atoms with Crippen LogP contribution in [0.1, 0.15) is 5.56 Å². The lowest BCUT2D eigenvalue weighted by molar-refractivity contribution is -0.125. The van der Waals surface area contributed by atoms with E-state index in [9.17, 15) is 9.90 Å². The first-order valence-electron chi connectivity index (χ1n) is 6.22. The molecule has 0 saturated heterocycles. The molecule has 0 aromatic heterocycles. The Kier molecular flexibility index (Phi) is 4.31. The minimum absolute atomic E-state index is 0.261. The first-order valence-corrected chi connectivity index (χ1v) is 6.22. The van der Waals surface area contributed by atoms with Gasteiger partial charge in [-0.15, -0.1) is 6.58 Å². The molecule has 2 atom stereocenters. The summed E-state index contributed by atoms with van der Waals surface area (Å²) in [6.07, 6.45) is 7.60. The van der Waals surface area contributed by atoms with Crippen LogP contribution in [0.3, 0.4) is 0 Å². The van der Waals surface area contributed by atoms with Crippen LogP contribution in [0, 0.1) is 0 Å². The van der Waals surface area contributed by atoms with Crippen LogP contribution in [0.4, 0.5) is 0 Å². The van der Waals surface area contributed by atoms with Crippen LogP contribution in [-0.2, 0) is 4.79 Å². The van der Waals surface area contributed by atoms with Crippen LogP contribution in [0.2, 0.25) is 0 Å². The summed E-state index contributed by atoms with van der Waals surface area (Å²) in [5, 5.41) is 9.98. The molecular formula is C16H17NO2. The van der Waals surface area contributed by atoms with E-state index < -0.39 is 6.10 Å². The van der Waals surface area contributed by atoms with Gasteiger partial charge in [0.1, 0.15) is 6.10 Å². The van der Waals surface area contributed by atoms with Crippen LogP contribution in [0.15, 0.2) is 61.3 Å². The number of rotatable bonds is 4. The third-order valence-corrected chi connectivity index (χ3v) is 3.05. The maximum atomic E-state index is 11.5. The van der Waals surface area contributed by atoms with Gasteiger partial charge in [-0.3, -0.25) is 4.79 Å². The van der Waals surface area contributed by atoms with Crippen molar-refractivity contribution in [2.45, 2.75) is 12.1 Å². The van der Waals surface area contributed by atoms with E-state index in [1.165, 1.54) is 6.08 Å². The molecule has 0 fully saturated rings. The topological polar surface area (TPSA) is 40.5 Å². The summed E-state index contributed by atoms with van der Waals surface area (Å²) in [7, 11) is 0. The smallest absolute Gasteiger partial charge is 0.187 e. The second kappa shape index (κ2) is 6.16. The van der Waals surface area contributed by atoms with Crippen molar-refractivity contribution in [1.82, 2.24) is 4.90 Å². The molecule has 1 aromatic carbocycles. The van der Waals surface area contributed by atoms with Crippen molar-refractivity contribution in [2.24, 2.45) is 0 Å². The molecule has 0 radical (unpaired) electrons. The summed E-state index contributed by atoms with van der Waals surface area (Å²) in [4.78, 5) is 13.4. The Morgan fingerprint density at radius 3 is 2.74 bits per heavy atom. The molecule has 1 aliphatic rings. The second-order valence-electron chi connectivity index (χ2n) is 4.41. The fraction of sp³-hybridized carbons (Fsp3) is 0.188. The van der Waals surface area contributed by atoms with E-state index in [4.69, 9.17) is 0 Å². The zero-order valence-electron chi connectivity index (χ0n) is 10.6. The van der Waals surface area contributed by atoms with E-state index >= 15 is 0 Å². The van der Waals surface area contributed by atoms with Gasteiger partial charge in [-0.2, -0.15) is 0 Å². The monoisotopic (exact) mass is 255 g/mol. The largest absolute Gasteiger partial charge is 0.382 e. The quantitative estimate of drug-likeness (QED) is 0.837. The van der Waals surface area contributed by atoms with Crippen molar-refractivity contribution >= 4 is 11.9 Å². The fourth-order valence-corrected chi connectivity index (χ4v) is 2.04. The Balaban J connectivity index is 2.19. The number of aliphatic hydroxyl groups is 1. The molecule has 2 rings (SSSR count). The number of nitrogens with zero attached hydrogens (tertiary/aromatic N) is 1. The number of hydrogen-bond acceptors (Lipinski definition) is 3. The molecule has 3 heteroatoms. The minimum Gasteiger partial charge on any atom is -0.382 e. The average Bonchev–Trinajstić information content (AvgIpc) is 2.44. The van der Waals surface area contributed by atoms with Crippen molar-refractivity contribution in [2.75, 3.05) is 6.54 Å². The van der Waals surface area contributed by atoms with Crippen molar-refractivity contribution in [1.29, 1.82) is 0 Å². The van der Waals surface area contributed by atoms with E-state index in [1.54, 1.807) is 12.3 Å². The zero-order chi connectivity index (χ0) is 13.7. The summed E-state index contributed by atoms with van der Waals surface area (Å²) < 4.78 is 0. The predicted octanol–water partition coefficient (Wildman–Crippen LogP) is 2.01. The summed E-state index contributed by atoms with van der Waals surface area (Å²) in [5.41, 5.74) is 1.04. The van der Waals surface area contributed by atoms with Gasteiger partial charge in [-0.25, -0.2) is 0 Å². The number of aliphatic hydroxyl groups excluding tert-OH is 1. The maximum absolute atomic E-state index is 11.5. The van der Waals surface area contributed by atoms with Crippen molar-refractivity contribution in [3.05, 3.63) is 66.9 Å². The van der Waals surface area contributed by atoms with Crippen molar-refractivity contribution in [3.8, 4) is 0 Å². The van der Waals surface area contributed by atoms with E-state index in [1.807, 2.05) is 47.4 Å². The molecule has 98 valence electrons. The molecule has 0 bridgehead atoms. The molecule has 0 amide bonds. The van der Waals surface area contributed by atoms with Gasteiger partial charge in [0.05, 0.1) is 6.04 Å². The normalized spacial score (nSPS) is 23.0. The molecule has 0 unspecified atom stereocenters. The molecule has 0 saturated carbocycles. The van der Waals surface area contributed by atoms with Crippen LogP contribution < -0.4 is 0 Å². The van der Waals surface area contributed by atoms with Gasteiger partial charge < -0.3 is 10.0 Å². The van der Waals surface area contributed by atoms with Gasteiger partial charge in [0.15, 0.2) is 5.78 Å². The van der Waals surface area contributed by atoms with Crippen LogP contribution in [0.25, 0.3) is 6.08 Å².